The number of nitrogens with two attached hydrogens (primary N) is 2. The second-order valence-electron chi connectivity index (χ2n) is 6.27. The van der Waals surface area contributed by atoms with E-state index in [2.05, 4.69) is 9.99 Å². The zero-order valence-corrected chi connectivity index (χ0v) is 14.8. The van der Waals surface area contributed by atoms with Crippen molar-refractivity contribution in [1.29, 1.82) is 0 Å². The van der Waals surface area contributed by atoms with Crippen LogP contribution in [0.5, 0.6) is 0 Å². The normalized spacial score (nSPS) is 20.0. The Hall–Kier alpha value is -2.85. The van der Waals surface area contributed by atoms with Gasteiger partial charge in [-0.2, -0.15) is 13.2 Å². The third-order valence-corrected chi connectivity index (χ3v) is 4.26. The van der Waals surface area contributed by atoms with Crippen molar-refractivity contribution in [3.63, 3.8) is 0 Å². The van der Waals surface area contributed by atoms with Gasteiger partial charge in [0.2, 0.25) is 0 Å². The van der Waals surface area contributed by atoms with E-state index in [1.165, 1.54) is 12.1 Å². The molecule has 6 nitrogen and oxygen atoms in total. The topological polar surface area (TPSA) is 93.9 Å². The number of nitrogens with zero attached hydrogens (tertiary/aromatic N) is 2. The highest BCUT2D eigenvalue weighted by molar-refractivity contribution is 5.99. The van der Waals surface area contributed by atoms with Crippen LogP contribution in [-0.2, 0) is 4.84 Å². The van der Waals surface area contributed by atoms with Gasteiger partial charge in [-0.3, -0.25) is 4.79 Å². The SMILES string of the molecule is Cc1ccc(N)c(C(=O)N2CCC(F)(F)[C@H]2CON=CC(=CN)C(F)(F)F)c1. The maximum Gasteiger partial charge on any atom is 0.419 e. The summed E-state index contributed by atoms with van der Waals surface area (Å²) < 4.78 is 65.9. The van der Waals surface area contributed by atoms with Crippen LogP contribution in [0.3, 0.4) is 0 Å². The molecule has 0 aromatic heterocycles. The van der Waals surface area contributed by atoms with Crippen molar-refractivity contribution in [3.05, 3.63) is 41.1 Å². The second-order valence-corrected chi connectivity index (χ2v) is 6.27. The number of benzene rings is 1. The molecular weight excluding hydrogens is 387 g/mol. The summed E-state index contributed by atoms with van der Waals surface area (Å²) in [5.41, 5.74) is 10.2. The largest absolute Gasteiger partial charge is 0.419 e. The van der Waals surface area contributed by atoms with E-state index in [0.717, 1.165) is 4.90 Å². The molecule has 4 N–H and O–H groups in total. The number of amides is 1. The number of carbonyl (C=O) groups excluding carboxylic acids is 1. The molecule has 0 unspecified atom stereocenters. The first-order chi connectivity index (χ1) is 13.0. The van der Waals surface area contributed by atoms with E-state index >= 15 is 0 Å². The molecule has 1 aliphatic heterocycles. The third-order valence-electron chi connectivity index (χ3n) is 4.26. The lowest BCUT2D eigenvalue weighted by Gasteiger charge is -2.27. The predicted molar refractivity (Wildman–Crippen MR) is 92.7 cm³/mol. The van der Waals surface area contributed by atoms with E-state index in [-0.39, 0.29) is 30.2 Å². The lowest BCUT2D eigenvalue weighted by molar-refractivity contribution is -0.0864. The molecule has 11 heteroatoms. The summed E-state index contributed by atoms with van der Waals surface area (Å²) in [4.78, 5) is 18.2. The lowest BCUT2D eigenvalue weighted by Crippen LogP contribution is -2.45. The summed E-state index contributed by atoms with van der Waals surface area (Å²) in [7, 11) is 0. The molecule has 1 aromatic carbocycles. The Morgan fingerprint density at radius 2 is 2.11 bits per heavy atom. The maximum atomic E-state index is 14.2. The fraction of sp³-hybridized carbons (Fsp3) is 0.412. The number of likely N-dealkylation sites (tertiary alicyclic amines) is 1. The van der Waals surface area contributed by atoms with E-state index in [1.807, 2.05) is 0 Å². The van der Waals surface area contributed by atoms with Crippen molar-refractivity contribution in [3.8, 4) is 0 Å². The number of allylic oxidation sites excluding steroid dienone is 1. The highest BCUT2D eigenvalue weighted by Crippen LogP contribution is 2.35. The van der Waals surface area contributed by atoms with Crippen molar-refractivity contribution in [2.24, 2.45) is 10.9 Å². The number of hydrogen-bond donors (Lipinski definition) is 2. The molecule has 1 aliphatic rings. The van der Waals surface area contributed by atoms with Crippen molar-refractivity contribution < 1.29 is 31.6 Å². The van der Waals surface area contributed by atoms with Crippen LogP contribution in [0.2, 0.25) is 0 Å². The molecule has 0 spiro atoms. The van der Waals surface area contributed by atoms with Gasteiger partial charge in [0.1, 0.15) is 12.6 Å². The number of hydrogen-bond acceptors (Lipinski definition) is 5. The van der Waals surface area contributed by atoms with Crippen LogP contribution in [0, 0.1) is 6.92 Å². The average molecular weight is 406 g/mol. The highest BCUT2D eigenvalue weighted by Gasteiger charge is 2.51. The number of alkyl halides is 5. The molecule has 0 saturated carbocycles. The molecule has 28 heavy (non-hydrogen) atoms. The highest BCUT2D eigenvalue weighted by atomic mass is 19.4. The molecule has 1 aromatic rings. The number of carbonyl (C=O) groups is 1. The van der Waals surface area contributed by atoms with Crippen molar-refractivity contribution in [2.75, 3.05) is 18.9 Å². The minimum atomic E-state index is -4.76. The van der Waals surface area contributed by atoms with E-state index < -0.39 is 42.6 Å². The van der Waals surface area contributed by atoms with Crippen LogP contribution in [0.15, 0.2) is 35.1 Å². The van der Waals surface area contributed by atoms with Gasteiger partial charge >= 0.3 is 6.18 Å². The molecular formula is C17H19F5N4O2. The second kappa shape index (κ2) is 8.03. The van der Waals surface area contributed by atoms with E-state index in [1.54, 1.807) is 13.0 Å². The smallest absolute Gasteiger partial charge is 0.404 e. The van der Waals surface area contributed by atoms with Gasteiger partial charge in [0.15, 0.2) is 0 Å². The predicted octanol–water partition coefficient (Wildman–Crippen LogP) is 2.83. The fourth-order valence-electron chi connectivity index (χ4n) is 2.70. The van der Waals surface area contributed by atoms with Gasteiger partial charge in [0.25, 0.3) is 11.8 Å². The maximum absolute atomic E-state index is 14.2. The Kier molecular flexibility index (Phi) is 6.15. The Morgan fingerprint density at radius 1 is 1.43 bits per heavy atom. The minimum absolute atomic E-state index is 0.0663. The van der Waals surface area contributed by atoms with Crippen LogP contribution >= 0.6 is 0 Å². The number of oxime groups is 1. The van der Waals surface area contributed by atoms with Crippen LogP contribution in [0.4, 0.5) is 27.6 Å². The van der Waals surface area contributed by atoms with Gasteiger partial charge < -0.3 is 21.2 Å². The van der Waals surface area contributed by atoms with Gasteiger partial charge in [-0.15, -0.1) is 0 Å². The van der Waals surface area contributed by atoms with E-state index in [4.69, 9.17) is 11.5 Å². The molecule has 2 rings (SSSR count). The van der Waals surface area contributed by atoms with Crippen LogP contribution < -0.4 is 11.5 Å². The first-order valence-corrected chi connectivity index (χ1v) is 8.16. The summed E-state index contributed by atoms with van der Waals surface area (Å²) in [6.07, 6.45) is -4.83. The number of halogens is 5. The van der Waals surface area contributed by atoms with Gasteiger partial charge in [-0.25, -0.2) is 8.78 Å². The Morgan fingerprint density at radius 3 is 2.71 bits per heavy atom. The summed E-state index contributed by atoms with van der Waals surface area (Å²) in [6, 6.07) is 2.94. The minimum Gasteiger partial charge on any atom is -0.404 e. The zero-order chi connectivity index (χ0) is 21.1. The Labute approximate surface area is 157 Å². The molecule has 0 radical (unpaired) electrons. The molecule has 1 heterocycles. The molecule has 1 saturated heterocycles. The van der Waals surface area contributed by atoms with Crippen LogP contribution in [0.25, 0.3) is 0 Å². The molecule has 154 valence electrons. The standard InChI is InChI=1S/C17H19F5N4O2/c1-10-2-3-13(24)12(6-10)15(27)26-5-4-16(18,19)14(26)9-28-25-8-11(7-23)17(20,21)22/h2-3,6-8,14H,4-5,9,23-24H2,1H3/t14-/m1/s1. The Balaban J connectivity index is 2.14. The summed E-state index contributed by atoms with van der Waals surface area (Å²) in [6.45, 7) is 0.664. The molecule has 0 aliphatic carbocycles. The van der Waals surface area contributed by atoms with Gasteiger partial charge in [0.05, 0.1) is 17.4 Å². The summed E-state index contributed by atoms with van der Waals surface area (Å²) >= 11 is 0. The molecule has 1 fully saturated rings. The monoisotopic (exact) mass is 406 g/mol. The zero-order valence-electron chi connectivity index (χ0n) is 14.8. The number of anilines is 1. The van der Waals surface area contributed by atoms with Gasteiger partial charge in [0, 0.05) is 24.9 Å². The van der Waals surface area contributed by atoms with Gasteiger partial charge in [-0.05, 0) is 19.1 Å². The fourth-order valence-corrected chi connectivity index (χ4v) is 2.70. The van der Waals surface area contributed by atoms with E-state index in [0.29, 0.717) is 5.56 Å². The quantitative estimate of drug-likeness (QED) is 0.340. The number of nitrogen functional groups attached to an aromatic ring is 1. The van der Waals surface area contributed by atoms with E-state index in [9.17, 15) is 26.7 Å². The molecule has 1 atom stereocenters. The summed E-state index contributed by atoms with van der Waals surface area (Å²) in [5, 5.41) is 3.05. The molecule has 0 bridgehead atoms. The first-order valence-electron chi connectivity index (χ1n) is 8.16. The van der Waals surface area contributed by atoms with Crippen LogP contribution in [0.1, 0.15) is 22.3 Å². The Bertz CT molecular complexity index is 792. The van der Waals surface area contributed by atoms with Gasteiger partial charge in [-0.1, -0.05) is 16.8 Å². The summed E-state index contributed by atoms with van der Waals surface area (Å²) in [5.74, 6) is -4.01. The van der Waals surface area contributed by atoms with Crippen molar-refractivity contribution in [1.82, 2.24) is 4.90 Å². The van der Waals surface area contributed by atoms with Crippen molar-refractivity contribution >= 4 is 17.8 Å². The molecule has 1 amide bonds. The van der Waals surface area contributed by atoms with Crippen LogP contribution in [-0.4, -0.2) is 48.3 Å². The first kappa shape index (κ1) is 21.5. The number of rotatable bonds is 5. The lowest BCUT2D eigenvalue weighted by atomic mass is 10.1. The third kappa shape index (κ3) is 4.70. The van der Waals surface area contributed by atoms with Crippen molar-refractivity contribution in [2.45, 2.75) is 31.5 Å². The average Bonchev–Trinajstić information content (AvgIpc) is 2.90. The number of aryl methyl sites for hydroxylation is 1.